The van der Waals surface area contributed by atoms with Gasteiger partial charge in [0.25, 0.3) is 0 Å². The molecule has 0 aliphatic rings. The maximum atomic E-state index is 11.6. The van der Waals surface area contributed by atoms with Gasteiger partial charge in [0.1, 0.15) is 5.78 Å². The number of hydrogen-bond acceptors (Lipinski definition) is 2. The van der Waals surface area contributed by atoms with Crippen molar-refractivity contribution < 1.29 is 4.79 Å². The lowest BCUT2D eigenvalue weighted by Crippen LogP contribution is -2.16. The fourth-order valence-electron chi connectivity index (χ4n) is 1.60. The fraction of sp³-hybridized carbons (Fsp3) is 0.462. The van der Waals surface area contributed by atoms with Crippen molar-refractivity contribution in [2.45, 2.75) is 32.7 Å². The molecule has 1 atom stereocenters. The van der Waals surface area contributed by atoms with E-state index in [1.807, 2.05) is 44.2 Å². The lowest BCUT2D eigenvalue weighted by molar-refractivity contribution is -0.120. The summed E-state index contributed by atoms with van der Waals surface area (Å²) in [6.07, 6.45) is 1.07. The van der Waals surface area contributed by atoms with Crippen LogP contribution in [0.3, 0.4) is 0 Å². The van der Waals surface area contributed by atoms with Crippen LogP contribution in [-0.4, -0.2) is 5.78 Å². The molecule has 0 saturated carbocycles. The van der Waals surface area contributed by atoms with Gasteiger partial charge in [0.05, 0.1) is 0 Å². The molecule has 0 radical (unpaired) electrons. The lowest BCUT2D eigenvalue weighted by Gasteiger charge is -2.11. The van der Waals surface area contributed by atoms with Crippen molar-refractivity contribution in [3.05, 3.63) is 35.9 Å². The van der Waals surface area contributed by atoms with E-state index in [1.54, 1.807) is 0 Å². The van der Waals surface area contributed by atoms with Gasteiger partial charge in [-0.3, -0.25) is 4.79 Å². The average molecular weight is 205 g/mol. The summed E-state index contributed by atoms with van der Waals surface area (Å²) in [6.45, 7) is 4.10. The second kappa shape index (κ2) is 5.66. The van der Waals surface area contributed by atoms with Crippen LogP contribution in [0.15, 0.2) is 30.3 Å². The van der Waals surface area contributed by atoms with Crippen LogP contribution < -0.4 is 5.73 Å². The van der Waals surface area contributed by atoms with Crippen LogP contribution in [0.25, 0.3) is 0 Å². The van der Waals surface area contributed by atoms with Gasteiger partial charge in [-0.2, -0.15) is 0 Å². The highest BCUT2D eigenvalue weighted by molar-refractivity contribution is 5.79. The van der Waals surface area contributed by atoms with E-state index in [0.717, 1.165) is 5.56 Å². The molecule has 1 aromatic rings. The molecule has 0 aromatic heterocycles. The third kappa shape index (κ3) is 4.26. The molecule has 0 fully saturated rings. The van der Waals surface area contributed by atoms with Crippen molar-refractivity contribution >= 4 is 5.78 Å². The topological polar surface area (TPSA) is 43.1 Å². The van der Waals surface area contributed by atoms with E-state index >= 15 is 0 Å². The molecule has 0 amide bonds. The van der Waals surface area contributed by atoms with Gasteiger partial charge >= 0.3 is 0 Å². The predicted octanol–water partition coefficient (Wildman–Crippen LogP) is 2.69. The van der Waals surface area contributed by atoms with Crippen molar-refractivity contribution in [1.29, 1.82) is 0 Å². The van der Waals surface area contributed by atoms with E-state index in [1.165, 1.54) is 0 Å². The first-order valence-electron chi connectivity index (χ1n) is 5.42. The standard InChI is InChI=1S/C13H19NO/c1-10(2)8-12(15)9-13(14)11-6-4-3-5-7-11/h3-7,10,13H,8-9,14H2,1-2H3. The molecule has 0 bridgehead atoms. The summed E-state index contributed by atoms with van der Waals surface area (Å²) in [5.41, 5.74) is 6.99. The SMILES string of the molecule is CC(C)CC(=O)CC(N)c1ccccc1. The number of rotatable bonds is 5. The Morgan fingerprint density at radius 3 is 2.33 bits per heavy atom. The van der Waals surface area contributed by atoms with Gasteiger partial charge < -0.3 is 5.73 Å². The number of carbonyl (C=O) groups is 1. The third-order valence-electron chi connectivity index (χ3n) is 2.31. The highest BCUT2D eigenvalue weighted by Gasteiger charge is 2.12. The Labute approximate surface area is 91.5 Å². The number of nitrogens with two attached hydrogens (primary N) is 1. The summed E-state index contributed by atoms with van der Waals surface area (Å²) in [4.78, 5) is 11.6. The zero-order valence-electron chi connectivity index (χ0n) is 9.44. The zero-order chi connectivity index (χ0) is 11.3. The van der Waals surface area contributed by atoms with E-state index in [-0.39, 0.29) is 11.8 Å². The molecule has 2 heteroatoms. The first kappa shape index (κ1) is 11.9. The van der Waals surface area contributed by atoms with Gasteiger partial charge in [0.2, 0.25) is 0 Å². The summed E-state index contributed by atoms with van der Waals surface area (Å²) in [7, 11) is 0. The van der Waals surface area contributed by atoms with E-state index in [2.05, 4.69) is 0 Å². The molecule has 1 unspecified atom stereocenters. The minimum atomic E-state index is -0.155. The monoisotopic (exact) mass is 205 g/mol. The molecule has 0 aliphatic carbocycles. The molecular formula is C13H19NO. The van der Waals surface area contributed by atoms with Crippen LogP contribution in [-0.2, 0) is 4.79 Å². The van der Waals surface area contributed by atoms with Crippen LogP contribution in [0, 0.1) is 5.92 Å². The zero-order valence-corrected chi connectivity index (χ0v) is 9.44. The van der Waals surface area contributed by atoms with Crippen molar-refractivity contribution in [3.63, 3.8) is 0 Å². The molecule has 1 aromatic carbocycles. The molecular weight excluding hydrogens is 186 g/mol. The molecule has 2 nitrogen and oxygen atoms in total. The lowest BCUT2D eigenvalue weighted by atomic mass is 9.98. The predicted molar refractivity (Wildman–Crippen MR) is 62.4 cm³/mol. The summed E-state index contributed by atoms with van der Waals surface area (Å²) < 4.78 is 0. The molecule has 0 saturated heterocycles. The quantitative estimate of drug-likeness (QED) is 0.803. The Bertz CT molecular complexity index is 306. The Morgan fingerprint density at radius 2 is 1.80 bits per heavy atom. The van der Waals surface area contributed by atoms with Crippen LogP contribution in [0.4, 0.5) is 0 Å². The van der Waals surface area contributed by atoms with Crippen molar-refractivity contribution in [1.82, 2.24) is 0 Å². The normalized spacial score (nSPS) is 12.8. The smallest absolute Gasteiger partial charge is 0.135 e. The van der Waals surface area contributed by atoms with Gasteiger partial charge in [-0.25, -0.2) is 0 Å². The number of Topliss-reactive ketones (excluding diaryl/α,β-unsaturated/α-hetero) is 1. The van der Waals surface area contributed by atoms with Gasteiger partial charge in [-0.05, 0) is 11.5 Å². The largest absolute Gasteiger partial charge is 0.324 e. The highest BCUT2D eigenvalue weighted by atomic mass is 16.1. The Kier molecular flexibility index (Phi) is 4.50. The molecule has 82 valence electrons. The number of carbonyl (C=O) groups excluding carboxylic acids is 1. The van der Waals surface area contributed by atoms with Crippen LogP contribution >= 0.6 is 0 Å². The third-order valence-corrected chi connectivity index (χ3v) is 2.31. The van der Waals surface area contributed by atoms with Gasteiger partial charge in [-0.15, -0.1) is 0 Å². The molecule has 1 rings (SSSR count). The van der Waals surface area contributed by atoms with E-state index in [9.17, 15) is 4.79 Å². The number of ketones is 1. The highest BCUT2D eigenvalue weighted by Crippen LogP contribution is 2.15. The summed E-state index contributed by atoms with van der Waals surface area (Å²) in [5, 5.41) is 0. The second-order valence-corrected chi connectivity index (χ2v) is 4.36. The van der Waals surface area contributed by atoms with Crippen molar-refractivity contribution in [2.75, 3.05) is 0 Å². The minimum absolute atomic E-state index is 0.155. The number of hydrogen-bond donors (Lipinski definition) is 1. The Hall–Kier alpha value is -1.15. The Balaban J connectivity index is 2.49. The van der Waals surface area contributed by atoms with E-state index in [4.69, 9.17) is 5.73 Å². The molecule has 0 aliphatic heterocycles. The second-order valence-electron chi connectivity index (χ2n) is 4.36. The number of benzene rings is 1. The van der Waals surface area contributed by atoms with Gasteiger partial charge in [0.15, 0.2) is 0 Å². The first-order valence-corrected chi connectivity index (χ1v) is 5.42. The maximum absolute atomic E-state index is 11.6. The summed E-state index contributed by atoms with van der Waals surface area (Å²) in [5.74, 6) is 0.668. The van der Waals surface area contributed by atoms with Crippen molar-refractivity contribution in [2.24, 2.45) is 11.7 Å². The fourth-order valence-corrected chi connectivity index (χ4v) is 1.60. The summed E-state index contributed by atoms with van der Waals surface area (Å²) >= 11 is 0. The summed E-state index contributed by atoms with van der Waals surface area (Å²) in [6, 6.07) is 9.62. The van der Waals surface area contributed by atoms with Gasteiger partial charge in [-0.1, -0.05) is 44.2 Å². The van der Waals surface area contributed by atoms with E-state index < -0.39 is 0 Å². The van der Waals surface area contributed by atoms with Crippen molar-refractivity contribution in [3.8, 4) is 0 Å². The first-order chi connectivity index (χ1) is 7.09. The molecule has 0 heterocycles. The van der Waals surface area contributed by atoms with E-state index in [0.29, 0.717) is 18.8 Å². The molecule has 0 spiro atoms. The molecule has 2 N–H and O–H groups in total. The minimum Gasteiger partial charge on any atom is -0.324 e. The molecule has 15 heavy (non-hydrogen) atoms. The Morgan fingerprint density at radius 1 is 1.20 bits per heavy atom. The average Bonchev–Trinajstić information content (AvgIpc) is 2.17. The maximum Gasteiger partial charge on any atom is 0.135 e. The van der Waals surface area contributed by atoms with Crippen LogP contribution in [0.2, 0.25) is 0 Å². The van der Waals surface area contributed by atoms with Gasteiger partial charge in [0, 0.05) is 18.9 Å². The van der Waals surface area contributed by atoms with Crippen LogP contribution in [0.1, 0.15) is 38.3 Å². The van der Waals surface area contributed by atoms with Crippen LogP contribution in [0.5, 0.6) is 0 Å².